The summed E-state index contributed by atoms with van der Waals surface area (Å²) >= 11 is 0. The number of benzene rings is 1. The third-order valence-electron chi connectivity index (χ3n) is 3.30. The molecule has 0 fully saturated rings. The first-order chi connectivity index (χ1) is 8.37. The fourth-order valence-electron chi connectivity index (χ4n) is 2.16. The van der Waals surface area contributed by atoms with Crippen LogP contribution in [0.3, 0.4) is 0 Å². The van der Waals surface area contributed by atoms with Gasteiger partial charge in [0.05, 0.1) is 5.60 Å². The number of carbonyl (C=O) groups is 1. The van der Waals surface area contributed by atoms with E-state index in [0.29, 0.717) is 30.8 Å². The predicted octanol–water partition coefficient (Wildman–Crippen LogP) is 1.43. The largest absolute Gasteiger partial charge is 0.399 e. The maximum absolute atomic E-state index is 12.3. The fourth-order valence-corrected chi connectivity index (χ4v) is 2.16. The number of nitrogen functional groups attached to an aromatic ring is 1. The molecule has 98 valence electrons. The van der Waals surface area contributed by atoms with Crippen molar-refractivity contribution in [1.29, 1.82) is 0 Å². The van der Waals surface area contributed by atoms with Crippen molar-refractivity contribution in [1.82, 2.24) is 4.90 Å². The van der Waals surface area contributed by atoms with Crippen LogP contribution in [0.4, 0.5) is 5.69 Å². The Morgan fingerprint density at radius 1 is 1.44 bits per heavy atom. The number of hydrogen-bond acceptors (Lipinski definition) is 3. The summed E-state index contributed by atoms with van der Waals surface area (Å²) in [5.74, 6) is 0.0211. The zero-order valence-corrected chi connectivity index (χ0v) is 10.9. The molecular weight excluding hydrogens is 228 g/mol. The van der Waals surface area contributed by atoms with Gasteiger partial charge in [-0.3, -0.25) is 4.79 Å². The number of fused-ring (bicyclic) bond motifs is 1. The van der Waals surface area contributed by atoms with E-state index in [-0.39, 0.29) is 5.91 Å². The number of hydrogen-bond donors (Lipinski definition) is 2. The lowest BCUT2D eigenvalue weighted by Gasteiger charge is -2.30. The number of aliphatic hydroxyl groups is 1. The summed E-state index contributed by atoms with van der Waals surface area (Å²) in [7, 11) is 0. The van der Waals surface area contributed by atoms with Gasteiger partial charge < -0.3 is 15.7 Å². The van der Waals surface area contributed by atoms with Gasteiger partial charge in [-0.1, -0.05) is 6.07 Å². The molecule has 3 N–H and O–H groups in total. The van der Waals surface area contributed by atoms with Gasteiger partial charge in [0.15, 0.2) is 0 Å². The van der Waals surface area contributed by atoms with Crippen LogP contribution < -0.4 is 5.73 Å². The number of nitrogens with two attached hydrogens (primary N) is 1. The zero-order valence-electron chi connectivity index (χ0n) is 10.9. The van der Waals surface area contributed by atoms with Gasteiger partial charge >= 0.3 is 0 Å². The van der Waals surface area contributed by atoms with E-state index in [9.17, 15) is 9.90 Å². The highest BCUT2D eigenvalue weighted by Crippen LogP contribution is 2.22. The van der Waals surface area contributed by atoms with Gasteiger partial charge in [0, 0.05) is 24.3 Å². The zero-order chi connectivity index (χ0) is 13.3. The Bertz CT molecular complexity index is 463. The van der Waals surface area contributed by atoms with Crippen molar-refractivity contribution in [3.05, 3.63) is 29.3 Å². The highest BCUT2D eigenvalue weighted by atomic mass is 16.3. The summed E-state index contributed by atoms with van der Waals surface area (Å²) in [4.78, 5) is 14.1. The minimum atomic E-state index is -0.740. The van der Waals surface area contributed by atoms with Crippen molar-refractivity contribution < 1.29 is 9.90 Å². The molecule has 0 aliphatic carbocycles. The summed E-state index contributed by atoms with van der Waals surface area (Å²) in [5, 5.41) is 9.72. The molecule has 1 aliphatic rings. The Labute approximate surface area is 107 Å². The minimum Gasteiger partial charge on any atom is -0.399 e. The number of rotatable bonds is 3. The van der Waals surface area contributed by atoms with E-state index >= 15 is 0 Å². The Morgan fingerprint density at radius 3 is 2.83 bits per heavy atom. The number of amides is 1. The highest BCUT2D eigenvalue weighted by Gasteiger charge is 2.25. The Morgan fingerprint density at radius 2 is 2.17 bits per heavy atom. The summed E-state index contributed by atoms with van der Waals surface area (Å²) in [6, 6.07) is 5.50. The van der Waals surface area contributed by atoms with Crippen molar-refractivity contribution in [2.45, 2.75) is 32.3 Å². The van der Waals surface area contributed by atoms with E-state index in [1.54, 1.807) is 24.8 Å². The number of carbonyl (C=O) groups excluding carboxylic acids is 1. The molecule has 4 heteroatoms. The first-order valence-corrected chi connectivity index (χ1v) is 6.27. The second-order valence-corrected chi connectivity index (χ2v) is 5.52. The van der Waals surface area contributed by atoms with E-state index in [1.807, 2.05) is 12.1 Å². The van der Waals surface area contributed by atoms with Gasteiger partial charge in [-0.2, -0.15) is 0 Å². The fraction of sp³-hybridized carbons (Fsp3) is 0.500. The van der Waals surface area contributed by atoms with E-state index < -0.39 is 5.60 Å². The lowest BCUT2D eigenvalue weighted by molar-refractivity contribution is 0.0496. The quantitative estimate of drug-likeness (QED) is 0.795. The molecule has 0 bridgehead atoms. The molecule has 0 aromatic heterocycles. The van der Waals surface area contributed by atoms with Gasteiger partial charge in [-0.15, -0.1) is 0 Å². The lowest BCUT2D eigenvalue weighted by atomic mass is 9.97. The van der Waals surface area contributed by atoms with Crippen molar-refractivity contribution in [3.8, 4) is 0 Å². The first-order valence-electron chi connectivity index (χ1n) is 6.27. The van der Waals surface area contributed by atoms with Crippen molar-refractivity contribution >= 4 is 11.6 Å². The van der Waals surface area contributed by atoms with Crippen LogP contribution >= 0.6 is 0 Å². The third kappa shape index (κ3) is 2.82. The molecule has 1 heterocycles. The molecule has 0 saturated carbocycles. The van der Waals surface area contributed by atoms with E-state index in [4.69, 9.17) is 5.73 Å². The van der Waals surface area contributed by atoms with E-state index in [1.165, 1.54) is 0 Å². The summed E-state index contributed by atoms with van der Waals surface area (Å²) in [6.07, 6.45) is 1.43. The monoisotopic (exact) mass is 248 g/mol. The maximum Gasteiger partial charge on any atom is 0.254 e. The van der Waals surface area contributed by atoms with Crippen LogP contribution in [-0.2, 0) is 6.42 Å². The van der Waals surface area contributed by atoms with Crippen LogP contribution in [0.15, 0.2) is 18.2 Å². The molecule has 0 saturated heterocycles. The molecule has 4 nitrogen and oxygen atoms in total. The highest BCUT2D eigenvalue weighted by molar-refractivity contribution is 5.97. The molecular formula is C14H20N2O2. The number of nitrogens with zero attached hydrogens (tertiary/aromatic N) is 1. The second kappa shape index (κ2) is 4.61. The standard InChI is InChI=1S/C14H20N2O2/c1-14(2,18)6-8-16-7-5-10-3-4-11(15)9-12(10)13(16)17/h3-4,9,18H,5-8,15H2,1-2H3. The van der Waals surface area contributed by atoms with Crippen LogP contribution in [0.5, 0.6) is 0 Å². The van der Waals surface area contributed by atoms with Crippen LogP contribution in [-0.4, -0.2) is 34.6 Å². The van der Waals surface area contributed by atoms with Crippen LogP contribution in [0.1, 0.15) is 36.2 Å². The SMILES string of the molecule is CC(C)(O)CCN1CCc2ccc(N)cc2C1=O. The maximum atomic E-state index is 12.3. The normalized spacial score (nSPS) is 15.7. The molecule has 0 atom stereocenters. The summed E-state index contributed by atoms with van der Waals surface area (Å²) < 4.78 is 0. The number of anilines is 1. The second-order valence-electron chi connectivity index (χ2n) is 5.52. The van der Waals surface area contributed by atoms with Gasteiger partial charge in [0.1, 0.15) is 0 Å². The summed E-state index contributed by atoms with van der Waals surface area (Å²) in [5.41, 5.74) is 7.37. The van der Waals surface area contributed by atoms with E-state index in [2.05, 4.69) is 0 Å². The molecule has 2 rings (SSSR count). The molecule has 1 aromatic rings. The van der Waals surface area contributed by atoms with Gasteiger partial charge in [0.2, 0.25) is 0 Å². The van der Waals surface area contributed by atoms with E-state index in [0.717, 1.165) is 12.0 Å². The molecule has 1 aromatic carbocycles. The Hall–Kier alpha value is -1.55. The molecule has 1 amide bonds. The average Bonchev–Trinajstić information content (AvgIpc) is 2.28. The topological polar surface area (TPSA) is 66.6 Å². The molecule has 0 unspecified atom stereocenters. The Balaban J connectivity index is 2.13. The molecule has 0 radical (unpaired) electrons. The van der Waals surface area contributed by atoms with Gasteiger partial charge in [-0.25, -0.2) is 0 Å². The van der Waals surface area contributed by atoms with Crippen LogP contribution in [0.25, 0.3) is 0 Å². The van der Waals surface area contributed by atoms with Gasteiger partial charge in [0.25, 0.3) is 5.91 Å². The predicted molar refractivity (Wildman–Crippen MR) is 71.4 cm³/mol. The summed E-state index contributed by atoms with van der Waals surface area (Å²) in [6.45, 7) is 4.81. The Kier molecular flexibility index (Phi) is 3.30. The molecule has 1 aliphatic heterocycles. The van der Waals surface area contributed by atoms with Crippen molar-refractivity contribution in [2.24, 2.45) is 0 Å². The average molecular weight is 248 g/mol. The minimum absolute atomic E-state index is 0.0211. The third-order valence-corrected chi connectivity index (χ3v) is 3.30. The smallest absolute Gasteiger partial charge is 0.254 e. The molecule has 0 spiro atoms. The first kappa shape index (κ1) is 12.9. The van der Waals surface area contributed by atoms with Crippen molar-refractivity contribution in [2.75, 3.05) is 18.8 Å². The van der Waals surface area contributed by atoms with Crippen LogP contribution in [0, 0.1) is 0 Å². The molecule has 18 heavy (non-hydrogen) atoms. The van der Waals surface area contributed by atoms with Crippen LogP contribution in [0.2, 0.25) is 0 Å². The lowest BCUT2D eigenvalue weighted by Crippen LogP contribution is -2.40. The van der Waals surface area contributed by atoms with Crippen molar-refractivity contribution in [3.63, 3.8) is 0 Å². The van der Waals surface area contributed by atoms with Gasteiger partial charge in [-0.05, 0) is 44.4 Å².